The van der Waals surface area contributed by atoms with E-state index in [1.165, 1.54) is 5.56 Å². The first-order valence-electron chi connectivity index (χ1n) is 13.1. The maximum Gasteiger partial charge on any atom is 0.307 e. The molecule has 200 valence electrons. The van der Waals surface area contributed by atoms with E-state index in [4.69, 9.17) is 14.2 Å². The molecule has 0 amide bonds. The molecule has 1 aromatic rings. The number of benzene rings is 1. The lowest BCUT2D eigenvalue weighted by Gasteiger charge is -2.20. The zero-order chi connectivity index (χ0) is 26.4. The molecule has 0 aliphatic heterocycles. The van der Waals surface area contributed by atoms with Crippen LogP contribution in [-0.2, 0) is 25.6 Å². The summed E-state index contributed by atoms with van der Waals surface area (Å²) in [5.41, 5.74) is 1.19. The lowest BCUT2D eigenvalue weighted by Crippen LogP contribution is -2.26. The van der Waals surface area contributed by atoms with Crippen molar-refractivity contribution in [2.45, 2.75) is 65.3 Å². The molecule has 6 nitrogen and oxygen atoms in total. The largest absolute Gasteiger partial charge is 0.497 e. The standard InChI is InChI=1S/C30H45NO5/c1-5-8-16-29(32)35-23-12-9-10-14-26(6-2)15-11-13-24-36-30(33)21-22-31(7-3)25-27-17-19-28(34-4)20-18-27/h6,9,11-13,17-20,26H,2,5,7-8,10,14-16,21-25H2,1,3-4H3/b12-9+,13-11-. The van der Waals surface area contributed by atoms with Crippen molar-refractivity contribution in [2.75, 3.05) is 33.4 Å². The molecule has 1 unspecified atom stereocenters. The highest BCUT2D eigenvalue weighted by molar-refractivity contribution is 5.69. The highest BCUT2D eigenvalue weighted by Gasteiger charge is 2.09. The smallest absolute Gasteiger partial charge is 0.307 e. The van der Waals surface area contributed by atoms with Gasteiger partial charge in [-0.25, -0.2) is 0 Å². The van der Waals surface area contributed by atoms with Crippen molar-refractivity contribution >= 4 is 11.9 Å². The van der Waals surface area contributed by atoms with Gasteiger partial charge in [0.15, 0.2) is 0 Å². The summed E-state index contributed by atoms with van der Waals surface area (Å²) >= 11 is 0. The lowest BCUT2D eigenvalue weighted by molar-refractivity contribution is -0.143. The molecule has 0 aromatic heterocycles. The third-order valence-corrected chi connectivity index (χ3v) is 5.87. The van der Waals surface area contributed by atoms with Gasteiger partial charge in [-0.15, -0.1) is 6.58 Å². The van der Waals surface area contributed by atoms with Crippen LogP contribution in [0.1, 0.15) is 64.4 Å². The number of esters is 2. The molecule has 0 aliphatic rings. The second-order valence-corrected chi connectivity index (χ2v) is 8.69. The summed E-state index contributed by atoms with van der Waals surface area (Å²) in [5, 5.41) is 0. The van der Waals surface area contributed by atoms with Crippen molar-refractivity contribution in [3.05, 3.63) is 66.8 Å². The fourth-order valence-corrected chi connectivity index (χ4v) is 3.50. The molecular weight excluding hydrogens is 454 g/mol. The number of ether oxygens (including phenoxy) is 3. The van der Waals surface area contributed by atoms with E-state index in [0.717, 1.165) is 50.9 Å². The fraction of sp³-hybridized carbons (Fsp3) is 0.533. The van der Waals surface area contributed by atoms with Gasteiger partial charge in [-0.3, -0.25) is 14.5 Å². The maximum atomic E-state index is 12.1. The zero-order valence-corrected chi connectivity index (χ0v) is 22.5. The second-order valence-electron chi connectivity index (χ2n) is 8.69. The third-order valence-electron chi connectivity index (χ3n) is 5.87. The van der Waals surface area contributed by atoms with Crippen LogP contribution >= 0.6 is 0 Å². The molecule has 0 radical (unpaired) electrons. The van der Waals surface area contributed by atoms with Gasteiger partial charge in [0.2, 0.25) is 0 Å². The molecule has 0 fully saturated rings. The van der Waals surface area contributed by atoms with Gasteiger partial charge in [0.05, 0.1) is 13.5 Å². The average Bonchev–Trinajstić information content (AvgIpc) is 2.90. The van der Waals surface area contributed by atoms with Crippen LogP contribution in [0.5, 0.6) is 5.75 Å². The van der Waals surface area contributed by atoms with E-state index in [1.807, 2.05) is 54.6 Å². The minimum absolute atomic E-state index is 0.132. The number of carbonyl (C=O) groups is 2. The third kappa shape index (κ3) is 15.2. The summed E-state index contributed by atoms with van der Waals surface area (Å²) in [7, 11) is 1.66. The van der Waals surface area contributed by atoms with Crippen molar-refractivity contribution in [1.29, 1.82) is 0 Å². The molecule has 0 saturated carbocycles. The minimum atomic E-state index is -0.186. The Bertz CT molecular complexity index is 800. The number of hydrogen-bond acceptors (Lipinski definition) is 6. The normalized spacial score (nSPS) is 12.2. The zero-order valence-electron chi connectivity index (χ0n) is 22.5. The molecule has 1 aromatic carbocycles. The summed E-state index contributed by atoms with van der Waals surface area (Å²) in [4.78, 5) is 25.8. The number of unbranched alkanes of at least 4 members (excludes halogenated alkanes) is 1. The van der Waals surface area contributed by atoms with Gasteiger partial charge in [0.1, 0.15) is 19.0 Å². The van der Waals surface area contributed by atoms with E-state index < -0.39 is 0 Å². The van der Waals surface area contributed by atoms with E-state index in [1.54, 1.807) is 7.11 Å². The molecule has 1 rings (SSSR count). The summed E-state index contributed by atoms with van der Waals surface area (Å²) in [5.74, 6) is 0.873. The minimum Gasteiger partial charge on any atom is -0.497 e. The topological polar surface area (TPSA) is 65.1 Å². The maximum absolute atomic E-state index is 12.1. The van der Waals surface area contributed by atoms with Crippen molar-refractivity contribution in [1.82, 2.24) is 4.90 Å². The van der Waals surface area contributed by atoms with Crippen LogP contribution in [-0.4, -0.2) is 50.3 Å². The Balaban J connectivity index is 2.18. The van der Waals surface area contributed by atoms with E-state index in [9.17, 15) is 9.59 Å². The highest BCUT2D eigenvalue weighted by Crippen LogP contribution is 2.14. The Morgan fingerprint density at radius 3 is 2.25 bits per heavy atom. The summed E-state index contributed by atoms with van der Waals surface area (Å²) in [6.07, 6.45) is 15.3. The van der Waals surface area contributed by atoms with Crippen LogP contribution in [0.25, 0.3) is 0 Å². The molecule has 0 N–H and O–H groups in total. The van der Waals surface area contributed by atoms with E-state index >= 15 is 0 Å². The van der Waals surface area contributed by atoms with Crippen LogP contribution in [0.4, 0.5) is 0 Å². The molecule has 0 aliphatic carbocycles. The van der Waals surface area contributed by atoms with Crippen molar-refractivity contribution in [3.8, 4) is 5.75 Å². The van der Waals surface area contributed by atoms with Gasteiger partial charge in [-0.05, 0) is 55.8 Å². The average molecular weight is 500 g/mol. The van der Waals surface area contributed by atoms with E-state index in [-0.39, 0.29) is 18.5 Å². The van der Waals surface area contributed by atoms with E-state index in [2.05, 4.69) is 25.3 Å². The fourth-order valence-electron chi connectivity index (χ4n) is 3.50. The molecule has 0 heterocycles. The molecular formula is C30H45NO5. The van der Waals surface area contributed by atoms with Crippen LogP contribution in [0.2, 0.25) is 0 Å². The molecule has 0 saturated heterocycles. The number of carbonyl (C=O) groups excluding carboxylic acids is 2. The number of methoxy groups -OCH3 is 1. The Kier molecular flexibility index (Phi) is 17.6. The Labute approximate surface area is 218 Å². The van der Waals surface area contributed by atoms with E-state index in [0.29, 0.717) is 31.9 Å². The lowest BCUT2D eigenvalue weighted by atomic mass is 9.99. The SMILES string of the molecule is C=CC(C/C=C\COC(=O)CCN(CC)Cc1ccc(OC)cc1)CC/C=C/COC(=O)CCCC. The van der Waals surface area contributed by atoms with Crippen LogP contribution in [0.15, 0.2) is 61.2 Å². The number of allylic oxidation sites excluding steroid dienone is 3. The Morgan fingerprint density at radius 2 is 1.64 bits per heavy atom. The molecule has 1 atom stereocenters. The molecule has 36 heavy (non-hydrogen) atoms. The monoisotopic (exact) mass is 499 g/mol. The van der Waals surface area contributed by atoms with Gasteiger partial charge < -0.3 is 14.2 Å². The van der Waals surface area contributed by atoms with Crippen LogP contribution < -0.4 is 4.74 Å². The van der Waals surface area contributed by atoms with Gasteiger partial charge in [0.25, 0.3) is 0 Å². The number of hydrogen-bond donors (Lipinski definition) is 0. The van der Waals surface area contributed by atoms with Gasteiger partial charge in [-0.1, -0.05) is 62.8 Å². The van der Waals surface area contributed by atoms with Crippen molar-refractivity contribution in [2.24, 2.45) is 5.92 Å². The first-order chi connectivity index (χ1) is 17.5. The predicted molar refractivity (Wildman–Crippen MR) is 146 cm³/mol. The van der Waals surface area contributed by atoms with Crippen LogP contribution in [0.3, 0.4) is 0 Å². The second kappa shape index (κ2) is 20.3. The predicted octanol–water partition coefficient (Wildman–Crippen LogP) is 6.27. The first-order valence-corrected chi connectivity index (χ1v) is 13.1. The van der Waals surface area contributed by atoms with Gasteiger partial charge >= 0.3 is 11.9 Å². The molecule has 0 spiro atoms. The summed E-state index contributed by atoms with van der Waals surface area (Å²) < 4.78 is 15.7. The van der Waals surface area contributed by atoms with Gasteiger partial charge in [-0.2, -0.15) is 0 Å². The first kappa shape index (κ1) is 31.2. The van der Waals surface area contributed by atoms with Crippen LogP contribution in [0, 0.1) is 5.92 Å². The Morgan fingerprint density at radius 1 is 0.972 bits per heavy atom. The number of nitrogens with zero attached hydrogens (tertiary/aromatic N) is 1. The van der Waals surface area contributed by atoms with Crippen molar-refractivity contribution in [3.63, 3.8) is 0 Å². The quantitative estimate of drug-likeness (QED) is 0.156. The summed E-state index contributed by atoms with van der Waals surface area (Å²) in [6.45, 7) is 11.0. The summed E-state index contributed by atoms with van der Waals surface area (Å²) in [6, 6.07) is 7.99. The van der Waals surface area contributed by atoms with Crippen molar-refractivity contribution < 1.29 is 23.8 Å². The molecule has 0 bridgehead atoms. The van der Waals surface area contributed by atoms with Gasteiger partial charge in [0, 0.05) is 19.5 Å². The molecule has 6 heteroatoms. The number of rotatable bonds is 20. The highest BCUT2D eigenvalue weighted by atomic mass is 16.5. The Hall–Kier alpha value is -2.86.